The van der Waals surface area contributed by atoms with E-state index < -0.39 is 24.0 Å². The highest BCUT2D eigenvalue weighted by atomic mass is 16.4. The lowest BCUT2D eigenvalue weighted by molar-refractivity contribution is -0.140. The molecule has 0 aliphatic carbocycles. The molecule has 0 aromatic carbocycles. The van der Waals surface area contributed by atoms with E-state index in [0.717, 1.165) is 5.56 Å². The van der Waals surface area contributed by atoms with Crippen LogP contribution in [0.3, 0.4) is 0 Å². The first-order chi connectivity index (χ1) is 9.90. The normalized spacial score (nSPS) is 13.0. The van der Waals surface area contributed by atoms with Gasteiger partial charge >= 0.3 is 18.0 Å². The van der Waals surface area contributed by atoms with Crippen molar-refractivity contribution in [3.63, 3.8) is 0 Å². The third kappa shape index (κ3) is 5.89. The van der Waals surface area contributed by atoms with Crippen LogP contribution in [0.4, 0.5) is 4.79 Å². The zero-order valence-corrected chi connectivity index (χ0v) is 11.4. The molecule has 0 radical (unpaired) electrons. The van der Waals surface area contributed by atoms with Gasteiger partial charge < -0.3 is 20.8 Å². The van der Waals surface area contributed by atoms with Crippen LogP contribution in [0, 0.1) is 0 Å². The van der Waals surface area contributed by atoms with Gasteiger partial charge in [0, 0.05) is 18.8 Å². The van der Waals surface area contributed by atoms with Crippen LogP contribution in [0.5, 0.6) is 0 Å². The summed E-state index contributed by atoms with van der Waals surface area (Å²) < 4.78 is 0. The number of pyridine rings is 1. The van der Waals surface area contributed by atoms with E-state index in [9.17, 15) is 14.4 Å². The number of carboxylic acids is 2. The van der Waals surface area contributed by atoms with Crippen molar-refractivity contribution in [2.24, 2.45) is 0 Å². The maximum absolute atomic E-state index is 11.7. The van der Waals surface area contributed by atoms with Gasteiger partial charge in [0.15, 0.2) is 0 Å². The molecular weight excluding hydrogens is 278 g/mol. The molecule has 114 valence electrons. The molecule has 0 saturated heterocycles. The molecule has 1 rings (SSSR count). The first-order valence-corrected chi connectivity index (χ1v) is 6.31. The van der Waals surface area contributed by atoms with E-state index in [0.29, 0.717) is 0 Å². The number of urea groups is 1. The van der Waals surface area contributed by atoms with Gasteiger partial charge in [-0.05, 0) is 31.0 Å². The fourth-order valence-electron chi connectivity index (χ4n) is 1.66. The Balaban J connectivity index is 2.54. The van der Waals surface area contributed by atoms with Gasteiger partial charge in [0.2, 0.25) is 0 Å². The summed E-state index contributed by atoms with van der Waals surface area (Å²) >= 11 is 0. The summed E-state index contributed by atoms with van der Waals surface area (Å²) in [6.45, 7) is 1.74. The van der Waals surface area contributed by atoms with Crippen LogP contribution in [0.25, 0.3) is 0 Å². The van der Waals surface area contributed by atoms with Gasteiger partial charge in [-0.3, -0.25) is 9.78 Å². The number of hydrogen-bond donors (Lipinski definition) is 4. The van der Waals surface area contributed by atoms with Crippen molar-refractivity contribution in [1.29, 1.82) is 0 Å². The fraction of sp³-hybridized carbons (Fsp3) is 0.385. The Bertz CT molecular complexity index is 506. The highest BCUT2D eigenvalue weighted by Gasteiger charge is 2.21. The number of aromatic nitrogens is 1. The molecule has 4 N–H and O–H groups in total. The number of carbonyl (C=O) groups excluding carboxylic acids is 1. The molecule has 0 saturated carbocycles. The van der Waals surface area contributed by atoms with E-state index in [1.54, 1.807) is 31.5 Å². The van der Waals surface area contributed by atoms with Crippen molar-refractivity contribution in [2.45, 2.75) is 31.8 Å². The van der Waals surface area contributed by atoms with Gasteiger partial charge in [-0.25, -0.2) is 9.59 Å². The molecule has 8 heteroatoms. The summed E-state index contributed by atoms with van der Waals surface area (Å²) in [5.74, 6) is -2.39. The first kappa shape index (κ1) is 16.4. The Morgan fingerprint density at radius 2 is 1.81 bits per heavy atom. The number of amides is 2. The van der Waals surface area contributed by atoms with E-state index in [-0.39, 0.29) is 18.9 Å². The average Bonchev–Trinajstić information content (AvgIpc) is 2.43. The van der Waals surface area contributed by atoms with E-state index in [4.69, 9.17) is 10.2 Å². The van der Waals surface area contributed by atoms with Crippen LogP contribution >= 0.6 is 0 Å². The molecule has 0 spiro atoms. The largest absolute Gasteiger partial charge is 0.481 e. The predicted molar refractivity (Wildman–Crippen MR) is 72.6 cm³/mol. The van der Waals surface area contributed by atoms with Crippen molar-refractivity contribution in [2.75, 3.05) is 0 Å². The molecular formula is C13H17N3O5. The van der Waals surface area contributed by atoms with E-state index in [2.05, 4.69) is 15.6 Å². The molecule has 21 heavy (non-hydrogen) atoms. The molecule has 1 heterocycles. The molecule has 0 bridgehead atoms. The maximum Gasteiger partial charge on any atom is 0.326 e. The van der Waals surface area contributed by atoms with Crippen molar-refractivity contribution in [1.82, 2.24) is 15.6 Å². The van der Waals surface area contributed by atoms with Crippen molar-refractivity contribution in [3.8, 4) is 0 Å². The minimum atomic E-state index is -1.28. The zero-order valence-electron chi connectivity index (χ0n) is 11.4. The van der Waals surface area contributed by atoms with Crippen molar-refractivity contribution < 1.29 is 24.6 Å². The van der Waals surface area contributed by atoms with Gasteiger partial charge in [-0.15, -0.1) is 0 Å². The van der Waals surface area contributed by atoms with Crippen LogP contribution in [-0.2, 0) is 9.59 Å². The van der Waals surface area contributed by atoms with Crippen LogP contribution in [0.2, 0.25) is 0 Å². The quantitative estimate of drug-likeness (QED) is 0.588. The highest BCUT2D eigenvalue weighted by Crippen LogP contribution is 2.09. The average molecular weight is 295 g/mol. The van der Waals surface area contributed by atoms with Crippen molar-refractivity contribution >= 4 is 18.0 Å². The molecule has 0 aliphatic heterocycles. The molecule has 0 aliphatic rings. The number of carboxylic acid groups (broad SMARTS) is 2. The van der Waals surface area contributed by atoms with E-state index >= 15 is 0 Å². The Hall–Kier alpha value is -2.64. The minimum Gasteiger partial charge on any atom is -0.481 e. The fourth-order valence-corrected chi connectivity index (χ4v) is 1.66. The maximum atomic E-state index is 11.7. The minimum absolute atomic E-state index is 0.179. The molecule has 1 aromatic heterocycles. The topological polar surface area (TPSA) is 129 Å². The van der Waals surface area contributed by atoms with Gasteiger partial charge in [0.25, 0.3) is 0 Å². The second kappa shape index (κ2) is 7.83. The second-order valence-electron chi connectivity index (χ2n) is 4.44. The Morgan fingerprint density at radius 3 is 2.33 bits per heavy atom. The molecule has 8 nitrogen and oxygen atoms in total. The summed E-state index contributed by atoms with van der Waals surface area (Å²) in [4.78, 5) is 37.0. The Labute approximate surface area is 121 Å². The highest BCUT2D eigenvalue weighted by molar-refractivity contribution is 5.83. The summed E-state index contributed by atoms with van der Waals surface area (Å²) in [5, 5.41) is 22.3. The third-order valence-corrected chi connectivity index (χ3v) is 2.80. The molecule has 2 atom stereocenters. The first-order valence-electron chi connectivity index (χ1n) is 6.31. The summed E-state index contributed by atoms with van der Waals surface area (Å²) in [6, 6.07) is 1.21. The zero-order chi connectivity index (χ0) is 15.8. The van der Waals surface area contributed by atoms with Crippen LogP contribution < -0.4 is 10.6 Å². The summed E-state index contributed by atoms with van der Waals surface area (Å²) in [6.07, 6.45) is 2.65. The molecule has 1 aromatic rings. The lowest BCUT2D eigenvalue weighted by atomic mass is 10.1. The smallest absolute Gasteiger partial charge is 0.326 e. The predicted octanol–water partition coefficient (Wildman–Crippen LogP) is 0.760. The van der Waals surface area contributed by atoms with Crippen LogP contribution in [-0.4, -0.2) is 39.2 Å². The third-order valence-electron chi connectivity index (χ3n) is 2.80. The number of nitrogens with zero attached hydrogens (tertiary/aromatic N) is 1. The van der Waals surface area contributed by atoms with Crippen molar-refractivity contribution in [3.05, 3.63) is 30.1 Å². The van der Waals surface area contributed by atoms with Gasteiger partial charge in [0.1, 0.15) is 6.04 Å². The van der Waals surface area contributed by atoms with Gasteiger partial charge in [-0.2, -0.15) is 0 Å². The molecule has 0 fully saturated rings. The monoisotopic (exact) mass is 295 g/mol. The Kier molecular flexibility index (Phi) is 6.12. The Morgan fingerprint density at radius 1 is 1.19 bits per heavy atom. The number of aliphatic carboxylic acids is 2. The van der Waals surface area contributed by atoms with Gasteiger partial charge in [0.05, 0.1) is 6.04 Å². The number of rotatable bonds is 7. The standard InChI is InChI=1S/C13H17N3O5/c1-8(9-4-6-14-7-5-9)15-13(21)16-10(12(19)20)2-3-11(17)18/h4-8,10H,2-3H2,1H3,(H,17,18)(H,19,20)(H2,15,16,21). The number of carbonyl (C=O) groups is 3. The number of hydrogen-bond acceptors (Lipinski definition) is 4. The van der Waals surface area contributed by atoms with Crippen LogP contribution in [0.15, 0.2) is 24.5 Å². The van der Waals surface area contributed by atoms with Crippen LogP contribution in [0.1, 0.15) is 31.4 Å². The lowest BCUT2D eigenvalue weighted by Crippen LogP contribution is -2.46. The van der Waals surface area contributed by atoms with E-state index in [1.807, 2.05) is 0 Å². The molecule has 2 amide bonds. The van der Waals surface area contributed by atoms with E-state index in [1.165, 1.54) is 0 Å². The second-order valence-corrected chi connectivity index (χ2v) is 4.44. The molecule has 2 unspecified atom stereocenters. The lowest BCUT2D eigenvalue weighted by Gasteiger charge is -2.18. The SMILES string of the molecule is CC(NC(=O)NC(CCC(=O)O)C(=O)O)c1ccncc1. The summed E-state index contributed by atoms with van der Waals surface area (Å²) in [5.41, 5.74) is 0.817. The number of nitrogens with one attached hydrogen (secondary N) is 2. The summed E-state index contributed by atoms with van der Waals surface area (Å²) in [7, 11) is 0. The van der Waals surface area contributed by atoms with Gasteiger partial charge in [-0.1, -0.05) is 0 Å².